The van der Waals surface area contributed by atoms with E-state index in [1.807, 2.05) is 23.6 Å². The first-order valence-electron chi connectivity index (χ1n) is 11.1. The van der Waals surface area contributed by atoms with Gasteiger partial charge in [-0.2, -0.15) is 0 Å². The summed E-state index contributed by atoms with van der Waals surface area (Å²) in [6.07, 6.45) is 13.5. The molecule has 166 valence electrons. The van der Waals surface area contributed by atoms with Crippen molar-refractivity contribution in [2.24, 2.45) is 5.92 Å². The van der Waals surface area contributed by atoms with Gasteiger partial charge in [-0.15, -0.1) is 11.3 Å². The number of nitrogens with one attached hydrogen (secondary N) is 2. The first kappa shape index (κ1) is 24.8. The zero-order valence-corrected chi connectivity index (χ0v) is 20.3. The highest BCUT2D eigenvalue weighted by atomic mass is 32.1. The van der Waals surface area contributed by atoms with E-state index in [2.05, 4.69) is 86.8 Å². The van der Waals surface area contributed by atoms with Crippen LogP contribution in [0.3, 0.4) is 0 Å². The lowest BCUT2D eigenvalue weighted by Crippen LogP contribution is -2.20. The van der Waals surface area contributed by atoms with Gasteiger partial charge in [-0.05, 0) is 79.8 Å². The van der Waals surface area contributed by atoms with E-state index < -0.39 is 0 Å². The molecule has 0 bridgehead atoms. The minimum absolute atomic E-state index is 0.434. The van der Waals surface area contributed by atoms with Crippen LogP contribution in [0.4, 0.5) is 5.82 Å². The highest BCUT2D eigenvalue weighted by Crippen LogP contribution is 2.17. The van der Waals surface area contributed by atoms with Gasteiger partial charge in [0.05, 0.1) is 0 Å². The molecule has 0 spiro atoms. The first-order valence-corrected chi connectivity index (χ1v) is 12.0. The van der Waals surface area contributed by atoms with Gasteiger partial charge in [0.15, 0.2) is 0 Å². The SMILES string of the molecule is C=C/C=C(/Nc1cc(CC(C)/C=c2/cc(C)s/c2=C/C)ccn1)C(=C)CNCCCC. The fraction of sp³-hybridized carbons (Fsp3) is 0.370. The Morgan fingerprint density at radius 1 is 1.32 bits per heavy atom. The Balaban J connectivity index is 2.08. The van der Waals surface area contributed by atoms with Crippen molar-refractivity contribution in [3.63, 3.8) is 0 Å². The second kappa shape index (κ2) is 13.1. The molecule has 31 heavy (non-hydrogen) atoms. The van der Waals surface area contributed by atoms with Crippen molar-refractivity contribution in [1.29, 1.82) is 0 Å². The molecule has 2 rings (SSSR count). The second-order valence-corrected chi connectivity index (χ2v) is 9.23. The summed E-state index contributed by atoms with van der Waals surface area (Å²) in [4.78, 5) is 5.87. The number of rotatable bonds is 12. The maximum atomic E-state index is 4.51. The zero-order valence-electron chi connectivity index (χ0n) is 19.5. The summed E-state index contributed by atoms with van der Waals surface area (Å²) in [7, 11) is 0. The van der Waals surface area contributed by atoms with Gasteiger partial charge in [0, 0.05) is 27.8 Å². The molecular weight excluding hydrogens is 398 g/mol. The van der Waals surface area contributed by atoms with Crippen molar-refractivity contribution in [3.8, 4) is 0 Å². The highest BCUT2D eigenvalue weighted by molar-refractivity contribution is 7.09. The Kier molecular flexibility index (Phi) is 10.5. The average molecular weight is 436 g/mol. The molecule has 0 radical (unpaired) electrons. The average Bonchev–Trinajstić information content (AvgIpc) is 3.10. The molecule has 0 aliphatic rings. The van der Waals surface area contributed by atoms with Crippen LogP contribution < -0.4 is 20.4 Å². The van der Waals surface area contributed by atoms with Crippen molar-refractivity contribution < 1.29 is 0 Å². The quantitative estimate of drug-likeness (QED) is 0.349. The molecule has 0 fully saturated rings. The van der Waals surface area contributed by atoms with Gasteiger partial charge in [-0.1, -0.05) is 51.7 Å². The van der Waals surface area contributed by atoms with Crippen LogP contribution in [0.1, 0.15) is 44.1 Å². The number of anilines is 1. The summed E-state index contributed by atoms with van der Waals surface area (Å²) in [6.45, 7) is 18.6. The van der Waals surface area contributed by atoms with Crippen LogP contribution >= 0.6 is 11.3 Å². The Bertz CT molecular complexity index is 1010. The molecule has 0 aromatic carbocycles. The van der Waals surface area contributed by atoms with Crippen LogP contribution in [-0.4, -0.2) is 18.1 Å². The molecule has 2 aromatic rings. The van der Waals surface area contributed by atoms with Gasteiger partial charge in [0.1, 0.15) is 5.82 Å². The van der Waals surface area contributed by atoms with E-state index in [1.54, 1.807) is 6.08 Å². The minimum Gasteiger partial charge on any atom is -0.340 e. The van der Waals surface area contributed by atoms with Crippen molar-refractivity contribution in [2.75, 3.05) is 18.4 Å². The van der Waals surface area contributed by atoms with E-state index in [9.17, 15) is 0 Å². The lowest BCUT2D eigenvalue weighted by molar-refractivity contribution is 0.673. The van der Waals surface area contributed by atoms with Crippen molar-refractivity contribution >= 4 is 29.3 Å². The number of unbranched alkanes of at least 4 members (excludes halogenated alkanes) is 1. The van der Waals surface area contributed by atoms with Crippen molar-refractivity contribution in [1.82, 2.24) is 10.3 Å². The topological polar surface area (TPSA) is 37.0 Å². The van der Waals surface area contributed by atoms with Gasteiger partial charge in [-0.3, -0.25) is 0 Å². The molecule has 0 aliphatic heterocycles. The van der Waals surface area contributed by atoms with Crippen LogP contribution in [0.2, 0.25) is 0 Å². The highest BCUT2D eigenvalue weighted by Gasteiger charge is 2.07. The second-order valence-electron chi connectivity index (χ2n) is 7.94. The van der Waals surface area contributed by atoms with Gasteiger partial charge >= 0.3 is 0 Å². The van der Waals surface area contributed by atoms with E-state index in [0.717, 1.165) is 36.6 Å². The van der Waals surface area contributed by atoms with Crippen LogP contribution in [0.5, 0.6) is 0 Å². The molecule has 0 aliphatic carbocycles. The summed E-state index contributed by atoms with van der Waals surface area (Å²) < 4.78 is 1.35. The number of nitrogens with zero attached hydrogens (tertiary/aromatic N) is 1. The number of hydrogen-bond acceptors (Lipinski definition) is 4. The third-order valence-electron chi connectivity index (χ3n) is 5.00. The molecule has 2 N–H and O–H groups in total. The summed E-state index contributed by atoms with van der Waals surface area (Å²) in [5, 5.41) is 8.21. The number of allylic oxidation sites excluding steroid dienone is 2. The maximum absolute atomic E-state index is 4.51. The molecule has 0 saturated heterocycles. The summed E-state index contributed by atoms with van der Waals surface area (Å²) >= 11 is 1.85. The first-order chi connectivity index (χ1) is 15.0. The largest absolute Gasteiger partial charge is 0.340 e. The monoisotopic (exact) mass is 435 g/mol. The number of pyridine rings is 1. The lowest BCUT2D eigenvalue weighted by atomic mass is 10.0. The van der Waals surface area contributed by atoms with E-state index >= 15 is 0 Å². The Morgan fingerprint density at radius 3 is 2.84 bits per heavy atom. The molecule has 1 atom stereocenters. The molecule has 4 heteroatoms. The molecule has 1 unspecified atom stereocenters. The van der Waals surface area contributed by atoms with Crippen molar-refractivity contribution in [2.45, 2.75) is 47.0 Å². The van der Waals surface area contributed by atoms with Crippen LogP contribution in [0.15, 0.2) is 61.0 Å². The predicted molar refractivity (Wildman–Crippen MR) is 139 cm³/mol. The third kappa shape index (κ3) is 8.31. The fourth-order valence-electron chi connectivity index (χ4n) is 3.45. The number of aromatic nitrogens is 1. The molecule has 0 amide bonds. The van der Waals surface area contributed by atoms with Crippen LogP contribution in [0, 0.1) is 12.8 Å². The Hall–Kier alpha value is -2.43. The normalized spacial score (nSPS) is 14.0. The lowest BCUT2D eigenvalue weighted by Gasteiger charge is -2.15. The minimum atomic E-state index is 0.434. The van der Waals surface area contributed by atoms with E-state index in [1.165, 1.54) is 33.0 Å². The van der Waals surface area contributed by atoms with Gasteiger partial charge in [0.2, 0.25) is 0 Å². The fourth-order valence-corrected chi connectivity index (χ4v) is 4.35. The molecule has 0 saturated carbocycles. The summed E-state index contributed by atoms with van der Waals surface area (Å²) in [6, 6.07) is 6.51. The van der Waals surface area contributed by atoms with E-state index in [-0.39, 0.29) is 0 Å². The van der Waals surface area contributed by atoms with Crippen LogP contribution in [-0.2, 0) is 6.42 Å². The third-order valence-corrected chi connectivity index (χ3v) is 6.13. The molecular formula is C27H37N3S. The molecule has 2 aromatic heterocycles. The van der Waals surface area contributed by atoms with E-state index in [0.29, 0.717) is 5.92 Å². The van der Waals surface area contributed by atoms with Gasteiger partial charge < -0.3 is 10.6 Å². The Labute approximate surface area is 192 Å². The number of hydrogen-bond donors (Lipinski definition) is 2. The smallest absolute Gasteiger partial charge is 0.130 e. The summed E-state index contributed by atoms with van der Waals surface area (Å²) in [5.74, 6) is 1.27. The standard InChI is InChI=1S/C27H37N3S/c1-7-10-13-28-19-21(5)25(11-8-2)30-27-18-23(12-14-29-27)15-20(4)16-24-17-22(6)31-26(24)9-3/h8-9,11-12,14,16-18,20,28H,2,5,7,10,13,15,19H2,1,3-4,6H3,(H,29,30)/b24-16-,25-11+,26-9+. The number of aryl methyl sites for hydroxylation is 1. The molecule has 3 nitrogen and oxygen atoms in total. The molecule has 2 heterocycles. The maximum Gasteiger partial charge on any atom is 0.130 e. The Morgan fingerprint density at radius 2 is 2.13 bits per heavy atom. The van der Waals surface area contributed by atoms with Gasteiger partial charge in [0.25, 0.3) is 0 Å². The van der Waals surface area contributed by atoms with Crippen molar-refractivity contribution in [3.05, 3.63) is 81.2 Å². The van der Waals surface area contributed by atoms with Crippen LogP contribution in [0.25, 0.3) is 12.2 Å². The zero-order chi connectivity index (χ0) is 22.6. The predicted octanol–water partition coefficient (Wildman–Crippen LogP) is 5.34. The number of thiophene rings is 1. The summed E-state index contributed by atoms with van der Waals surface area (Å²) in [5.41, 5.74) is 3.21. The van der Waals surface area contributed by atoms with E-state index in [4.69, 9.17) is 0 Å². The van der Waals surface area contributed by atoms with Gasteiger partial charge in [-0.25, -0.2) is 4.98 Å².